The maximum Gasteiger partial charge on any atom is 0.353 e. The maximum atomic E-state index is 12.6. The zero-order valence-corrected chi connectivity index (χ0v) is 17.7. The van der Waals surface area contributed by atoms with Gasteiger partial charge in [-0.15, -0.1) is 5.10 Å². The molecule has 4 rings (SSSR count). The number of nitrogens with zero attached hydrogens (tertiary/aromatic N) is 3. The van der Waals surface area contributed by atoms with Gasteiger partial charge in [-0.25, -0.2) is 14.0 Å². The van der Waals surface area contributed by atoms with Crippen molar-refractivity contribution in [2.75, 3.05) is 7.11 Å². The summed E-state index contributed by atoms with van der Waals surface area (Å²) in [6, 6.07) is 22.1. The fourth-order valence-corrected chi connectivity index (χ4v) is 3.23. The molecule has 0 bridgehead atoms. The minimum Gasteiger partial charge on any atom is -0.489 e. The number of rotatable bonds is 7. The van der Waals surface area contributed by atoms with Crippen LogP contribution in [0.25, 0.3) is 5.69 Å². The lowest BCUT2D eigenvalue weighted by Gasteiger charge is -2.13. The highest BCUT2D eigenvalue weighted by Gasteiger charge is 2.17. The third-order valence-electron chi connectivity index (χ3n) is 4.57. The predicted molar refractivity (Wildman–Crippen MR) is 118 cm³/mol. The molecule has 0 N–H and O–H groups in total. The Morgan fingerprint density at radius 3 is 2.52 bits per heavy atom. The molecule has 0 saturated heterocycles. The van der Waals surface area contributed by atoms with Crippen LogP contribution in [0.2, 0.25) is 5.02 Å². The molecule has 0 aliphatic heterocycles. The summed E-state index contributed by atoms with van der Waals surface area (Å²) in [5.41, 5.74) is 1.06. The summed E-state index contributed by atoms with van der Waals surface area (Å²) in [4.78, 5) is 12.6. The van der Waals surface area contributed by atoms with E-state index in [4.69, 9.17) is 25.8 Å². The average molecular weight is 438 g/mol. The summed E-state index contributed by atoms with van der Waals surface area (Å²) in [5.74, 6) is 1.66. The van der Waals surface area contributed by atoms with Crippen molar-refractivity contribution in [3.05, 3.63) is 93.9 Å². The van der Waals surface area contributed by atoms with Gasteiger partial charge in [-0.05, 0) is 30.3 Å². The normalized spacial score (nSPS) is 10.7. The second-order valence-electron chi connectivity index (χ2n) is 6.65. The lowest BCUT2D eigenvalue weighted by molar-refractivity contribution is 0.304. The van der Waals surface area contributed by atoms with E-state index in [0.717, 1.165) is 5.56 Å². The van der Waals surface area contributed by atoms with E-state index in [2.05, 4.69) is 5.10 Å². The minimum atomic E-state index is -0.343. The van der Waals surface area contributed by atoms with E-state index in [-0.39, 0.29) is 11.7 Å². The highest BCUT2D eigenvalue weighted by Crippen LogP contribution is 2.31. The molecule has 0 aliphatic rings. The molecular weight excluding hydrogens is 418 g/mol. The number of halogens is 1. The van der Waals surface area contributed by atoms with Crippen LogP contribution >= 0.6 is 11.6 Å². The first kappa shape index (κ1) is 20.6. The number of methoxy groups -OCH3 is 1. The Morgan fingerprint density at radius 1 is 0.968 bits per heavy atom. The molecule has 0 amide bonds. The van der Waals surface area contributed by atoms with Crippen molar-refractivity contribution in [3.8, 4) is 28.9 Å². The number of para-hydroxylation sites is 2. The molecule has 8 heteroatoms. The highest BCUT2D eigenvalue weighted by atomic mass is 35.5. The van der Waals surface area contributed by atoms with E-state index in [0.29, 0.717) is 34.6 Å². The third kappa shape index (κ3) is 4.41. The summed E-state index contributed by atoms with van der Waals surface area (Å²) >= 11 is 6.19. The molecule has 3 aromatic carbocycles. The summed E-state index contributed by atoms with van der Waals surface area (Å²) in [7, 11) is 3.02. The number of benzene rings is 3. The van der Waals surface area contributed by atoms with Crippen molar-refractivity contribution in [1.29, 1.82) is 0 Å². The summed E-state index contributed by atoms with van der Waals surface area (Å²) in [6.45, 7) is 0.335. The molecule has 1 aromatic heterocycles. The quantitative estimate of drug-likeness (QED) is 0.422. The van der Waals surface area contributed by atoms with Gasteiger partial charge >= 0.3 is 11.7 Å². The zero-order valence-electron chi connectivity index (χ0n) is 17.0. The Balaban J connectivity index is 1.59. The van der Waals surface area contributed by atoms with E-state index in [1.807, 2.05) is 54.6 Å². The van der Waals surface area contributed by atoms with E-state index in [1.165, 1.54) is 16.4 Å². The van der Waals surface area contributed by atoms with Crippen LogP contribution in [0.1, 0.15) is 5.56 Å². The van der Waals surface area contributed by atoms with Gasteiger partial charge in [0.25, 0.3) is 0 Å². The van der Waals surface area contributed by atoms with Crippen molar-refractivity contribution in [3.63, 3.8) is 0 Å². The van der Waals surface area contributed by atoms with Crippen LogP contribution in [0.5, 0.6) is 23.3 Å². The number of hydrogen-bond acceptors (Lipinski definition) is 5. The molecule has 0 atom stereocenters. The molecule has 0 unspecified atom stereocenters. The molecule has 0 spiro atoms. The van der Waals surface area contributed by atoms with E-state index in [9.17, 15) is 4.79 Å². The molecule has 158 valence electrons. The summed E-state index contributed by atoms with van der Waals surface area (Å²) in [6.07, 6.45) is 0. The lowest BCUT2D eigenvalue weighted by atomic mass is 10.2. The first-order valence-corrected chi connectivity index (χ1v) is 9.88. The van der Waals surface area contributed by atoms with E-state index >= 15 is 0 Å². The van der Waals surface area contributed by atoms with Crippen molar-refractivity contribution >= 4 is 11.6 Å². The molecule has 0 saturated carbocycles. The first-order valence-electron chi connectivity index (χ1n) is 9.50. The number of aromatic nitrogens is 3. The molecule has 4 aromatic rings. The second kappa shape index (κ2) is 8.97. The molecule has 1 heterocycles. The van der Waals surface area contributed by atoms with Gasteiger partial charge in [0.1, 0.15) is 18.1 Å². The van der Waals surface area contributed by atoms with Crippen LogP contribution in [0, 0.1) is 0 Å². The summed E-state index contributed by atoms with van der Waals surface area (Å²) < 4.78 is 19.8. The van der Waals surface area contributed by atoms with Crippen LogP contribution < -0.4 is 19.9 Å². The second-order valence-corrected chi connectivity index (χ2v) is 7.06. The van der Waals surface area contributed by atoms with Crippen LogP contribution in [0.3, 0.4) is 0 Å². The van der Waals surface area contributed by atoms with Crippen molar-refractivity contribution in [2.24, 2.45) is 7.05 Å². The van der Waals surface area contributed by atoms with Gasteiger partial charge in [0.15, 0.2) is 5.75 Å². The largest absolute Gasteiger partial charge is 0.489 e. The lowest BCUT2D eigenvalue weighted by Crippen LogP contribution is -2.22. The van der Waals surface area contributed by atoms with Crippen LogP contribution in [-0.2, 0) is 13.7 Å². The Hall–Kier alpha value is -3.71. The van der Waals surface area contributed by atoms with Gasteiger partial charge in [-0.1, -0.05) is 48.0 Å². The van der Waals surface area contributed by atoms with Crippen molar-refractivity contribution in [2.45, 2.75) is 6.61 Å². The fraction of sp³-hybridized carbons (Fsp3) is 0.130. The van der Waals surface area contributed by atoms with Gasteiger partial charge < -0.3 is 14.2 Å². The van der Waals surface area contributed by atoms with Gasteiger partial charge in [0, 0.05) is 23.7 Å². The van der Waals surface area contributed by atoms with Gasteiger partial charge in [0.05, 0.1) is 12.8 Å². The minimum absolute atomic E-state index is 0.167. The fourth-order valence-electron chi connectivity index (χ4n) is 3.04. The first-order chi connectivity index (χ1) is 15.1. The Labute approximate surface area is 184 Å². The van der Waals surface area contributed by atoms with Gasteiger partial charge in [-0.3, -0.25) is 0 Å². The van der Waals surface area contributed by atoms with Crippen LogP contribution in [0.15, 0.2) is 77.6 Å². The van der Waals surface area contributed by atoms with Gasteiger partial charge in [-0.2, -0.15) is 0 Å². The van der Waals surface area contributed by atoms with Gasteiger partial charge in [0.2, 0.25) is 0 Å². The monoisotopic (exact) mass is 437 g/mol. The van der Waals surface area contributed by atoms with Crippen molar-refractivity contribution < 1.29 is 14.2 Å². The number of ether oxygens (including phenoxy) is 3. The molecule has 7 nitrogen and oxygen atoms in total. The Morgan fingerprint density at radius 2 is 1.71 bits per heavy atom. The third-order valence-corrected chi connectivity index (χ3v) is 4.94. The Bertz CT molecular complexity index is 1270. The number of aryl methyl sites for hydroxylation is 1. The highest BCUT2D eigenvalue weighted by molar-refractivity contribution is 6.31. The molecule has 31 heavy (non-hydrogen) atoms. The average Bonchev–Trinajstić information content (AvgIpc) is 3.07. The molecule has 0 fully saturated rings. The molecule has 0 radical (unpaired) electrons. The van der Waals surface area contributed by atoms with E-state index < -0.39 is 0 Å². The smallest absolute Gasteiger partial charge is 0.353 e. The SMILES string of the molecule is COc1nn(C)c(=O)n1-c1ccccc1Oc1cccc(OCc2ccccc2Cl)c1. The summed E-state index contributed by atoms with van der Waals surface area (Å²) in [5, 5.41) is 4.74. The molecule has 0 aliphatic carbocycles. The Kier molecular flexibility index (Phi) is 5.95. The standard InChI is InChI=1S/C23H20ClN3O4/c1-26-23(28)27(22(25-26)29-2)20-12-5-6-13-21(20)31-18-10-7-9-17(14-18)30-15-16-8-3-4-11-19(16)24/h3-14H,15H2,1-2H3. The van der Waals surface area contributed by atoms with Crippen LogP contribution in [-0.4, -0.2) is 21.5 Å². The number of hydrogen-bond donors (Lipinski definition) is 0. The van der Waals surface area contributed by atoms with E-state index in [1.54, 1.807) is 25.2 Å². The van der Waals surface area contributed by atoms with Crippen molar-refractivity contribution in [1.82, 2.24) is 14.3 Å². The maximum absolute atomic E-state index is 12.6. The molecular formula is C23H20ClN3O4. The van der Waals surface area contributed by atoms with Crippen LogP contribution in [0.4, 0.5) is 0 Å². The predicted octanol–water partition coefficient (Wildman–Crippen LogP) is 4.60. The topological polar surface area (TPSA) is 67.5 Å². The zero-order chi connectivity index (χ0) is 21.8.